The summed E-state index contributed by atoms with van der Waals surface area (Å²) >= 11 is 0. The zero-order valence-corrected chi connectivity index (χ0v) is 16.0. The van der Waals surface area contributed by atoms with Crippen molar-refractivity contribution in [3.05, 3.63) is 69.8 Å². The van der Waals surface area contributed by atoms with Gasteiger partial charge in [0.1, 0.15) is 0 Å². The molecule has 8 nitrogen and oxygen atoms in total. The van der Waals surface area contributed by atoms with Gasteiger partial charge in [0.05, 0.1) is 21.4 Å². The molecule has 0 amide bonds. The Balaban J connectivity index is 2.38. The van der Waals surface area contributed by atoms with E-state index in [0.717, 1.165) is 48.5 Å². The molecule has 0 fully saturated rings. The van der Waals surface area contributed by atoms with Gasteiger partial charge in [-0.05, 0) is 29.8 Å². The van der Waals surface area contributed by atoms with Gasteiger partial charge < -0.3 is 9.47 Å². The molecule has 0 saturated heterocycles. The molecule has 0 saturated carbocycles. The second kappa shape index (κ2) is 8.86. The van der Waals surface area contributed by atoms with Gasteiger partial charge >= 0.3 is 6.18 Å². The molecule has 0 spiro atoms. The summed E-state index contributed by atoms with van der Waals surface area (Å²) in [5, 5.41) is 10.7. The molecule has 0 aliphatic rings. The van der Waals surface area contributed by atoms with Gasteiger partial charge in [0.25, 0.3) is 5.69 Å². The first kappa shape index (κ1) is 22.7. The minimum atomic E-state index is -4.55. The fraction of sp³-hybridized carbons (Fsp3) is 0.294. The van der Waals surface area contributed by atoms with Gasteiger partial charge in [-0.15, -0.1) is 0 Å². The summed E-state index contributed by atoms with van der Waals surface area (Å²) in [7, 11) is -1.73. The van der Waals surface area contributed by atoms with Crippen LogP contribution in [0.3, 0.4) is 0 Å². The van der Waals surface area contributed by atoms with Crippen LogP contribution in [0.2, 0.25) is 0 Å². The second-order valence-corrected chi connectivity index (χ2v) is 7.52. The first-order valence-corrected chi connectivity index (χ1v) is 9.47. The second-order valence-electron chi connectivity index (χ2n) is 5.81. The highest BCUT2D eigenvalue weighted by atomic mass is 32.2. The Bertz CT molecular complexity index is 943. The van der Waals surface area contributed by atoms with Crippen LogP contribution in [0.25, 0.3) is 0 Å². The minimum absolute atomic E-state index is 0.164. The third-order valence-corrected chi connectivity index (χ3v) is 5.43. The van der Waals surface area contributed by atoms with Crippen LogP contribution in [0, 0.1) is 10.1 Å². The number of rotatable bonds is 8. The van der Waals surface area contributed by atoms with Gasteiger partial charge in [0.15, 0.2) is 6.29 Å². The summed E-state index contributed by atoms with van der Waals surface area (Å²) in [5.41, 5.74) is -1.03. The molecule has 158 valence electrons. The monoisotopic (exact) mass is 434 g/mol. The van der Waals surface area contributed by atoms with Gasteiger partial charge in [-0.1, -0.05) is 12.1 Å². The number of nitrogens with one attached hydrogen (secondary N) is 1. The molecular formula is C17H17F3N2O6S. The van der Waals surface area contributed by atoms with E-state index in [-0.39, 0.29) is 16.1 Å². The molecule has 1 atom stereocenters. The Morgan fingerprint density at radius 2 is 1.52 bits per heavy atom. The van der Waals surface area contributed by atoms with Crippen LogP contribution in [0.1, 0.15) is 17.2 Å². The number of benzene rings is 2. The molecule has 0 aromatic heterocycles. The average molecular weight is 434 g/mol. The normalized spacial score (nSPS) is 13.4. The van der Waals surface area contributed by atoms with E-state index in [1.165, 1.54) is 14.2 Å². The zero-order valence-electron chi connectivity index (χ0n) is 15.2. The van der Waals surface area contributed by atoms with Crippen LogP contribution in [0.15, 0.2) is 53.4 Å². The van der Waals surface area contributed by atoms with E-state index in [0.29, 0.717) is 0 Å². The maximum absolute atomic E-state index is 12.8. The van der Waals surface area contributed by atoms with E-state index in [4.69, 9.17) is 9.47 Å². The average Bonchev–Trinajstić information content (AvgIpc) is 2.67. The van der Waals surface area contributed by atoms with E-state index >= 15 is 0 Å². The lowest BCUT2D eigenvalue weighted by Crippen LogP contribution is -2.38. The lowest BCUT2D eigenvalue weighted by molar-refractivity contribution is -0.384. The number of halogens is 3. The van der Waals surface area contributed by atoms with Crippen LogP contribution >= 0.6 is 0 Å². The van der Waals surface area contributed by atoms with Gasteiger partial charge in [0.2, 0.25) is 10.0 Å². The van der Waals surface area contributed by atoms with Crippen molar-refractivity contribution in [2.45, 2.75) is 23.4 Å². The number of nitro groups is 1. The van der Waals surface area contributed by atoms with Gasteiger partial charge in [0, 0.05) is 26.4 Å². The molecule has 12 heteroatoms. The molecule has 0 radical (unpaired) electrons. The fourth-order valence-corrected chi connectivity index (χ4v) is 3.72. The van der Waals surface area contributed by atoms with Gasteiger partial charge in [-0.25, -0.2) is 8.42 Å². The summed E-state index contributed by atoms with van der Waals surface area (Å²) in [6.07, 6.45) is -5.70. The molecule has 2 rings (SSSR count). The third-order valence-electron chi connectivity index (χ3n) is 3.97. The smallest absolute Gasteiger partial charge is 0.354 e. The van der Waals surface area contributed by atoms with E-state index in [2.05, 4.69) is 4.72 Å². The molecule has 0 aliphatic heterocycles. The lowest BCUT2D eigenvalue weighted by atomic mass is 10.0. The molecule has 0 bridgehead atoms. The quantitative estimate of drug-likeness (QED) is 0.388. The maximum Gasteiger partial charge on any atom is 0.416 e. The molecule has 2 aromatic carbocycles. The zero-order chi connectivity index (χ0) is 21.8. The van der Waals surface area contributed by atoms with Crippen LogP contribution in [-0.4, -0.2) is 33.9 Å². The van der Waals surface area contributed by atoms with Crippen molar-refractivity contribution in [2.75, 3.05) is 14.2 Å². The SMILES string of the molecule is COC(OC)C(NS(=O)(=O)c1ccc([N+](=O)[O-])cc1)c1ccc(C(F)(F)F)cc1. The summed E-state index contributed by atoms with van der Waals surface area (Å²) < 4.78 is 76.2. The highest BCUT2D eigenvalue weighted by molar-refractivity contribution is 7.89. The molecule has 1 N–H and O–H groups in total. The predicted molar refractivity (Wildman–Crippen MR) is 95.4 cm³/mol. The van der Waals surface area contributed by atoms with Crippen molar-refractivity contribution in [3.8, 4) is 0 Å². The summed E-state index contributed by atoms with van der Waals surface area (Å²) in [4.78, 5) is 9.77. The highest BCUT2D eigenvalue weighted by Crippen LogP contribution is 2.31. The Morgan fingerprint density at radius 1 is 1.00 bits per heavy atom. The number of alkyl halides is 3. The number of hydrogen-bond acceptors (Lipinski definition) is 6. The van der Waals surface area contributed by atoms with Crippen molar-refractivity contribution < 1.29 is 36.0 Å². The van der Waals surface area contributed by atoms with Crippen LogP contribution in [0.4, 0.5) is 18.9 Å². The number of methoxy groups -OCH3 is 2. The van der Waals surface area contributed by atoms with E-state index in [9.17, 15) is 31.7 Å². The fourth-order valence-electron chi connectivity index (χ4n) is 2.51. The lowest BCUT2D eigenvalue weighted by Gasteiger charge is -2.26. The Labute approximate surface area is 164 Å². The first-order chi connectivity index (χ1) is 13.5. The van der Waals surface area contributed by atoms with Crippen molar-refractivity contribution in [2.24, 2.45) is 0 Å². The molecule has 29 heavy (non-hydrogen) atoms. The summed E-state index contributed by atoms with van der Waals surface area (Å²) in [6.45, 7) is 0. The molecular weight excluding hydrogens is 417 g/mol. The minimum Gasteiger partial charge on any atom is -0.354 e. The van der Waals surface area contributed by atoms with E-state index in [1.54, 1.807) is 0 Å². The number of ether oxygens (including phenoxy) is 2. The number of non-ortho nitro benzene ring substituents is 1. The van der Waals surface area contributed by atoms with Crippen LogP contribution < -0.4 is 4.72 Å². The maximum atomic E-state index is 12.8. The van der Waals surface area contributed by atoms with Crippen LogP contribution in [-0.2, 0) is 25.7 Å². The number of nitrogens with zero attached hydrogens (tertiary/aromatic N) is 1. The number of hydrogen-bond donors (Lipinski definition) is 1. The largest absolute Gasteiger partial charge is 0.416 e. The van der Waals surface area contributed by atoms with Crippen molar-refractivity contribution >= 4 is 15.7 Å². The number of sulfonamides is 1. The van der Waals surface area contributed by atoms with Crippen molar-refractivity contribution in [3.63, 3.8) is 0 Å². The van der Waals surface area contributed by atoms with Gasteiger partial charge in [-0.3, -0.25) is 10.1 Å². The molecule has 0 heterocycles. The summed E-state index contributed by atoms with van der Waals surface area (Å²) in [6, 6.07) is 6.77. The molecule has 2 aromatic rings. The third kappa shape index (κ3) is 5.50. The number of nitro benzene ring substituents is 1. The topological polar surface area (TPSA) is 108 Å². The Kier molecular flexibility index (Phi) is 6.95. The summed E-state index contributed by atoms with van der Waals surface area (Å²) in [5.74, 6) is 0. The van der Waals surface area contributed by atoms with Crippen molar-refractivity contribution in [1.82, 2.24) is 4.72 Å². The first-order valence-electron chi connectivity index (χ1n) is 7.99. The predicted octanol–water partition coefficient (Wildman–Crippen LogP) is 3.25. The van der Waals surface area contributed by atoms with Crippen LogP contribution in [0.5, 0.6) is 0 Å². The van der Waals surface area contributed by atoms with E-state index in [1.807, 2.05) is 0 Å². The van der Waals surface area contributed by atoms with Gasteiger partial charge in [-0.2, -0.15) is 17.9 Å². The highest BCUT2D eigenvalue weighted by Gasteiger charge is 2.32. The Hall–Kier alpha value is -2.54. The Morgan fingerprint density at radius 3 is 1.93 bits per heavy atom. The molecule has 0 aliphatic carbocycles. The standard InChI is InChI=1S/C17H17F3N2O6S/c1-27-16(28-2)15(11-3-5-12(6-4-11)17(18,19)20)21-29(25,26)14-9-7-13(8-10-14)22(23)24/h3-10,15-16,21H,1-2H3. The molecule has 1 unspecified atom stereocenters. The van der Waals surface area contributed by atoms with Crippen molar-refractivity contribution in [1.29, 1.82) is 0 Å². The van der Waals surface area contributed by atoms with E-state index < -0.39 is 39.0 Å².